The Morgan fingerprint density at radius 2 is 1.62 bits per heavy atom. The van der Waals surface area contributed by atoms with Crippen LogP contribution in [0.15, 0.2) is 66.7 Å². The third-order valence-electron chi connectivity index (χ3n) is 6.11. The highest BCUT2D eigenvalue weighted by molar-refractivity contribution is 6.04. The Kier molecular flexibility index (Phi) is 6.33. The molecule has 1 heterocycles. The number of amides is 1. The second-order valence-electron chi connectivity index (χ2n) is 8.45. The summed E-state index contributed by atoms with van der Waals surface area (Å²) in [6.07, 6.45) is -0.312. The van der Waals surface area contributed by atoms with Gasteiger partial charge in [0.1, 0.15) is 11.5 Å². The number of carbonyl (C=O) groups is 1. The van der Waals surface area contributed by atoms with Gasteiger partial charge in [0.05, 0.1) is 0 Å². The van der Waals surface area contributed by atoms with Crippen molar-refractivity contribution in [2.45, 2.75) is 40.0 Å². The van der Waals surface area contributed by atoms with Gasteiger partial charge >= 0.3 is 0 Å². The Balaban J connectivity index is 1.64. The van der Waals surface area contributed by atoms with E-state index in [2.05, 4.69) is 40.4 Å². The van der Waals surface area contributed by atoms with Crippen molar-refractivity contribution >= 4 is 11.6 Å². The molecule has 4 nitrogen and oxygen atoms in total. The van der Waals surface area contributed by atoms with Gasteiger partial charge in [0.2, 0.25) is 0 Å². The van der Waals surface area contributed by atoms with Crippen molar-refractivity contribution in [2.75, 3.05) is 5.32 Å². The van der Waals surface area contributed by atoms with Crippen molar-refractivity contribution in [3.05, 3.63) is 94.8 Å². The maximum Gasteiger partial charge on any atom is 0.276 e. The van der Waals surface area contributed by atoms with Crippen LogP contribution in [0.25, 0.3) is 22.5 Å². The lowest BCUT2D eigenvalue weighted by atomic mass is 9.93. The molecule has 6 heteroatoms. The number of H-pyrrole nitrogens is 1. The highest BCUT2D eigenvalue weighted by Crippen LogP contribution is 2.34. The number of benzene rings is 3. The van der Waals surface area contributed by atoms with Crippen molar-refractivity contribution in [2.24, 2.45) is 0 Å². The Labute approximate surface area is 198 Å². The smallest absolute Gasteiger partial charge is 0.276 e. The zero-order valence-corrected chi connectivity index (χ0v) is 19.7. The summed E-state index contributed by atoms with van der Waals surface area (Å²) in [5.41, 5.74) is 6.37. The van der Waals surface area contributed by atoms with Gasteiger partial charge in [-0.05, 0) is 55.2 Å². The highest BCUT2D eigenvalue weighted by atomic mass is 19.3. The van der Waals surface area contributed by atoms with Crippen LogP contribution in [0.1, 0.15) is 46.2 Å². The summed E-state index contributed by atoms with van der Waals surface area (Å²) in [4.78, 5) is 20.7. The van der Waals surface area contributed by atoms with E-state index in [4.69, 9.17) is 0 Å². The molecule has 0 fully saturated rings. The van der Waals surface area contributed by atoms with E-state index in [1.54, 1.807) is 13.0 Å². The summed E-state index contributed by atoms with van der Waals surface area (Å²) in [5, 5.41) is 2.70. The lowest BCUT2D eigenvalue weighted by molar-refractivity contribution is -0.00824. The van der Waals surface area contributed by atoms with Crippen LogP contribution in [0.5, 0.6) is 0 Å². The molecule has 0 unspecified atom stereocenters. The molecular weight excluding hydrogens is 432 g/mol. The van der Waals surface area contributed by atoms with Crippen molar-refractivity contribution in [1.29, 1.82) is 0 Å². The van der Waals surface area contributed by atoms with Gasteiger partial charge in [0.15, 0.2) is 0 Å². The molecule has 0 radical (unpaired) electrons. The maximum absolute atomic E-state index is 14.1. The van der Waals surface area contributed by atoms with Crippen LogP contribution in [0.4, 0.5) is 14.5 Å². The predicted octanol–water partition coefficient (Wildman–Crippen LogP) is 7.42. The van der Waals surface area contributed by atoms with E-state index >= 15 is 0 Å². The molecule has 4 aromatic rings. The fourth-order valence-corrected chi connectivity index (χ4v) is 4.09. The van der Waals surface area contributed by atoms with Crippen LogP contribution in [0.2, 0.25) is 0 Å². The molecule has 0 atom stereocenters. The molecule has 0 saturated carbocycles. The topological polar surface area (TPSA) is 57.8 Å². The number of aromatic nitrogens is 2. The first-order valence-electron chi connectivity index (χ1n) is 11.2. The SMILES string of the molecule is CCC(F)(F)c1cccc(NC(=O)c2nc(-c3cccc(-c4ccccc4C)c3C)[nH]c2C)c1. The number of aryl methyl sites for hydroxylation is 2. The molecular formula is C28H27F2N3O. The molecule has 0 aliphatic rings. The zero-order valence-electron chi connectivity index (χ0n) is 19.7. The fraction of sp³-hybridized carbons (Fsp3) is 0.214. The summed E-state index contributed by atoms with van der Waals surface area (Å²) in [6, 6.07) is 20.0. The van der Waals surface area contributed by atoms with E-state index in [0.29, 0.717) is 17.2 Å². The number of anilines is 1. The van der Waals surface area contributed by atoms with Crippen LogP contribution in [0, 0.1) is 20.8 Å². The predicted molar refractivity (Wildman–Crippen MR) is 132 cm³/mol. The number of rotatable bonds is 6. The van der Waals surface area contributed by atoms with Crippen molar-refractivity contribution in [3.63, 3.8) is 0 Å². The minimum Gasteiger partial charge on any atom is -0.341 e. The van der Waals surface area contributed by atoms with Crippen molar-refractivity contribution in [3.8, 4) is 22.5 Å². The van der Waals surface area contributed by atoms with E-state index in [9.17, 15) is 13.6 Å². The monoisotopic (exact) mass is 459 g/mol. The number of alkyl halides is 2. The van der Waals surface area contributed by atoms with Gasteiger partial charge in [0.25, 0.3) is 11.8 Å². The Bertz CT molecular complexity index is 1360. The largest absolute Gasteiger partial charge is 0.341 e. The van der Waals surface area contributed by atoms with E-state index in [1.165, 1.54) is 30.7 Å². The third kappa shape index (κ3) is 4.49. The Hall–Kier alpha value is -3.80. The summed E-state index contributed by atoms with van der Waals surface area (Å²) in [7, 11) is 0. The summed E-state index contributed by atoms with van der Waals surface area (Å²) in [6.45, 7) is 7.31. The number of nitrogens with one attached hydrogen (secondary N) is 2. The van der Waals surface area contributed by atoms with Gasteiger partial charge in [-0.15, -0.1) is 0 Å². The van der Waals surface area contributed by atoms with Crippen molar-refractivity contribution in [1.82, 2.24) is 9.97 Å². The molecule has 1 aromatic heterocycles. The number of imidazole rings is 1. The third-order valence-corrected chi connectivity index (χ3v) is 6.11. The minimum absolute atomic E-state index is 0.129. The molecule has 34 heavy (non-hydrogen) atoms. The molecule has 174 valence electrons. The number of hydrogen-bond acceptors (Lipinski definition) is 2. The molecule has 2 N–H and O–H groups in total. The van der Waals surface area contributed by atoms with Gasteiger partial charge in [-0.2, -0.15) is 0 Å². The summed E-state index contributed by atoms with van der Waals surface area (Å²) in [5.74, 6) is -2.82. The molecule has 4 rings (SSSR count). The van der Waals surface area contributed by atoms with Crippen LogP contribution in [-0.2, 0) is 5.92 Å². The fourth-order valence-electron chi connectivity index (χ4n) is 4.09. The number of nitrogens with zero attached hydrogens (tertiary/aromatic N) is 1. The number of aromatic amines is 1. The van der Waals surface area contributed by atoms with Crippen LogP contribution in [0.3, 0.4) is 0 Å². The number of halogens is 2. The van der Waals surface area contributed by atoms with E-state index in [0.717, 1.165) is 22.3 Å². The second-order valence-corrected chi connectivity index (χ2v) is 8.45. The second kappa shape index (κ2) is 9.21. The van der Waals surface area contributed by atoms with E-state index in [1.807, 2.05) is 31.2 Å². The number of hydrogen-bond donors (Lipinski definition) is 2. The summed E-state index contributed by atoms with van der Waals surface area (Å²) >= 11 is 0. The molecule has 0 spiro atoms. The van der Waals surface area contributed by atoms with Gasteiger partial charge < -0.3 is 10.3 Å². The minimum atomic E-state index is -2.95. The first kappa shape index (κ1) is 23.4. The van der Waals surface area contributed by atoms with Crippen molar-refractivity contribution < 1.29 is 13.6 Å². The van der Waals surface area contributed by atoms with Gasteiger partial charge in [-0.1, -0.05) is 61.5 Å². The number of carbonyl (C=O) groups excluding carboxylic acids is 1. The molecule has 0 aliphatic heterocycles. The molecule has 1 amide bonds. The lowest BCUT2D eigenvalue weighted by Gasteiger charge is -2.15. The van der Waals surface area contributed by atoms with E-state index < -0.39 is 11.8 Å². The normalized spacial score (nSPS) is 11.5. The van der Waals surface area contributed by atoms with Crippen LogP contribution < -0.4 is 5.32 Å². The molecule has 3 aromatic carbocycles. The van der Waals surface area contributed by atoms with Gasteiger partial charge in [0, 0.05) is 28.9 Å². The molecule has 0 aliphatic carbocycles. The van der Waals surface area contributed by atoms with Gasteiger partial charge in [-0.25, -0.2) is 13.8 Å². The summed E-state index contributed by atoms with van der Waals surface area (Å²) < 4.78 is 28.1. The first-order valence-corrected chi connectivity index (χ1v) is 11.2. The standard InChI is InChI=1S/C28H27F2N3O/c1-5-28(29,30)20-11-8-12-21(16-20)32-27(34)25-19(4)31-26(33-25)24-15-9-14-23(18(24)3)22-13-7-6-10-17(22)2/h6-16H,5H2,1-4H3,(H,31,33)(H,32,34). The van der Waals surface area contributed by atoms with Gasteiger partial charge in [-0.3, -0.25) is 4.79 Å². The Morgan fingerprint density at radius 1 is 0.941 bits per heavy atom. The van der Waals surface area contributed by atoms with Crippen LogP contribution in [-0.4, -0.2) is 15.9 Å². The average molecular weight is 460 g/mol. The quantitative estimate of drug-likeness (QED) is 0.315. The molecule has 0 saturated heterocycles. The molecule has 0 bridgehead atoms. The van der Waals surface area contributed by atoms with Crippen LogP contribution >= 0.6 is 0 Å². The highest BCUT2D eigenvalue weighted by Gasteiger charge is 2.29. The zero-order chi connectivity index (χ0) is 24.5. The first-order chi connectivity index (χ1) is 16.2. The Morgan fingerprint density at radius 3 is 2.35 bits per heavy atom. The van der Waals surface area contributed by atoms with E-state index in [-0.39, 0.29) is 17.7 Å². The average Bonchev–Trinajstić information content (AvgIpc) is 3.21. The lowest BCUT2D eigenvalue weighted by Crippen LogP contribution is -2.16. The maximum atomic E-state index is 14.1.